The van der Waals surface area contributed by atoms with Crippen LogP contribution in [-0.2, 0) is 29.6 Å². The Labute approximate surface area is 334 Å². The number of nitrogens with zero attached hydrogens (tertiary/aromatic N) is 2. The minimum absolute atomic E-state index is 0.000267. The number of rotatable bonds is 24. The summed E-state index contributed by atoms with van der Waals surface area (Å²) in [5.74, 6) is -2.26. The van der Waals surface area contributed by atoms with Gasteiger partial charge in [0.05, 0.1) is 28.8 Å². The van der Waals surface area contributed by atoms with Crippen molar-refractivity contribution in [1.82, 2.24) is 9.03 Å². The van der Waals surface area contributed by atoms with Crippen LogP contribution in [0.25, 0.3) is 6.08 Å². The van der Waals surface area contributed by atoms with E-state index >= 15 is 0 Å². The number of hydrogen-bond acceptors (Lipinski definition) is 8. The number of para-hydroxylation sites is 1. The highest BCUT2D eigenvalue weighted by Crippen LogP contribution is 2.35. The monoisotopic (exact) mass is 806 g/mol. The maximum Gasteiger partial charge on any atom is 0.271 e. The highest BCUT2D eigenvalue weighted by molar-refractivity contribution is 7.90. The molecule has 0 saturated heterocycles. The number of aliphatic imine (C=N–C) groups is 1. The molecule has 4 rings (SSSR count). The predicted octanol–water partition coefficient (Wildman–Crippen LogP) is 9.74. The van der Waals surface area contributed by atoms with Crippen LogP contribution in [0.3, 0.4) is 0 Å². The van der Waals surface area contributed by atoms with Crippen molar-refractivity contribution in [3.63, 3.8) is 0 Å². The van der Waals surface area contributed by atoms with Crippen LogP contribution >= 0.6 is 0 Å². The molecule has 0 aromatic heterocycles. The van der Waals surface area contributed by atoms with E-state index in [4.69, 9.17) is 4.74 Å². The van der Waals surface area contributed by atoms with Gasteiger partial charge in [-0.2, -0.15) is 0 Å². The first-order valence-electron chi connectivity index (χ1n) is 20.1. The summed E-state index contributed by atoms with van der Waals surface area (Å²) in [5.41, 5.74) is 1.00. The summed E-state index contributed by atoms with van der Waals surface area (Å²) in [6, 6.07) is 19.4. The zero-order valence-electron chi connectivity index (χ0n) is 33.0. The molecule has 1 unspecified atom stereocenters. The second kappa shape index (κ2) is 22.3. The molecule has 0 aliphatic carbocycles. The minimum atomic E-state index is -4.26. The predicted molar refractivity (Wildman–Crippen MR) is 224 cm³/mol. The van der Waals surface area contributed by atoms with Crippen molar-refractivity contribution < 1.29 is 31.2 Å². The Morgan fingerprint density at radius 3 is 2.02 bits per heavy atom. The van der Waals surface area contributed by atoms with Crippen LogP contribution in [0.4, 0.5) is 11.4 Å². The summed E-state index contributed by atoms with van der Waals surface area (Å²) in [6.07, 6.45) is 20.0. The second-order valence-electron chi connectivity index (χ2n) is 14.2. The molecular weight excluding hydrogens is 749 g/mol. The van der Waals surface area contributed by atoms with Gasteiger partial charge in [0.1, 0.15) is 16.5 Å². The smallest absolute Gasteiger partial charge is 0.271 e. The van der Waals surface area contributed by atoms with Crippen LogP contribution in [0, 0.1) is 5.92 Å². The molecule has 0 spiro atoms. The number of anilines is 1. The fourth-order valence-electron chi connectivity index (χ4n) is 6.35. The van der Waals surface area contributed by atoms with E-state index in [0.717, 1.165) is 35.6 Å². The third-order valence-electron chi connectivity index (χ3n) is 9.69. The van der Waals surface area contributed by atoms with Gasteiger partial charge in [-0.25, -0.2) is 30.9 Å². The van der Waals surface area contributed by atoms with Gasteiger partial charge in [0.2, 0.25) is 11.8 Å². The zero-order valence-corrected chi connectivity index (χ0v) is 34.7. The van der Waals surface area contributed by atoms with Crippen LogP contribution in [-0.4, -0.2) is 45.4 Å². The highest BCUT2D eigenvalue weighted by atomic mass is 32.2. The Kier molecular flexibility index (Phi) is 17.6. The van der Waals surface area contributed by atoms with Gasteiger partial charge in [0, 0.05) is 12.6 Å². The Bertz CT molecular complexity index is 2020. The van der Waals surface area contributed by atoms with E-state index in [1.54, 1.807) is 24.3 Å². The van der Waals surface area contributed by atoms with E-state index in [0.29, 0.717) is 6.61 Å². The average molecular weight is 807 g/mol. The van der Waals surface area contributed by atoms with Crippen molar-refractivity contribution in [3.05, 3.63) is 84.6 Å². The van der Waals surface area contributed by atoms with E-state index in [-0.39, 0.29) is 39.2 Å². The molecule has 2 amide bonds. The Morgan fingerprint density at radius 1 is 0.804 bits per heavy atom. The van der Waals surface area contributed by atoms with Crippen molar-refractivity contribution in [2.75, 3.05) is 11.9 Å². The molecule has 1 aliphatic rings. The first-order valence-corrected chi connectivity index (χ1v) is 23.0. The number of carbonyl (C=O) groups is 2. The molecule has 13 heteroatoms. The summed E-state index contributed by atoms with van der Waals surface area (Å²) < 4.78 is 63.1. The van der Waals surface area contributed by atoms with Gasteiger partial charge < -0.3 is 10.1 Å². The molecule has 3 aromatic carbocycles. The number of carbonyl (C=O) groups excluding carboxylic acids is 2. The molecule has 0 bridgehead atoms. The first-order chi connectivity index (χ1) is 27.0. The molecule has 1 heterocycles. The van der Waals surface area contributed by atoms with E-state index in [1.165, 1.54) is 109 Å². The van der Waals surface area contributed by atoms with Crippen LogP contribution in [0.5, 0.6) is 5.75 Å². The number of amides is 2. The highest BCUT2D eigenvalue weighted by Gasteiger charge is 2.37. The Morgan fingerprint density at radius 2 is 1.39 bits per heavy atom. The van der Waals surface area contributed by atoms with Crippen LogP contribution < -0.4 is 14.8 Å². The number of benzene rings is 3. The van der Waals surface area contributed by atoms with E-state index in [9.17, 15) is 26.4 Å². The lowest BCUT2D eigenvalue weighted by Crippen LogP contribution is -2.42. The molecule has 1 aliphatic heterocycles. The fraction of sp³-hybridized carbons (Fsp3) is 0.465. The SMILES string of the molecule is CCCCCCCCCCCCCCCCOc1ccc(S(=O)(=O)NC(=O)CC)cc1NC(=O)C(C)C1=Nc2ccccc2S(=O)(=O)N1/C=C/c1ccccc1. The maximum absolute atomic E-state index is 14.0. The van der Waals surface area contributed by atoms with Crippen molar-refractivity contribution in [2.45, 2.75) is 127 Å². The topological polar surface area (TPSA) is 151 Å². The summed E-state index contributed by atoms with van der Waals surface area (Å²) in [7, 11) is -8.40. The van der Waals surface area contributed by atoms with Gasteiger partial charge in [-0.1, -0.05) is 140 Å². The van der Waals surface area contributed by atoms with Gasteiger partial charge >= 0.3 is 0 Å². The Balaban J connectivity index is 1.45. The number of amidine groups is 1. The molecular formula is C43H58N4O7S2. The third-order valence-corrected chi connectivity index (χ3v) is 12.8. The lowest BCUT2D eigenvalue weighted by molar-refractivity contribution is -0.119. The molecule has 0 radical (unpaired) electrons. The van der Waals surface area contributed by atoms with Gasteiger partial charge in [-0.3, -0.25) is 9.59 Å². The van der Waals surface area contributed by atoms with Crippen molar-refractivity contribution in [1.29, 1.82) is 0 Å². The summed E-state index contributed by atoms with van der Waals surface area (Å²) in [4.78, 5) is 30.4. The second-order valence-corrected chi connectivity index (χ2v) is 17.6. The molecule has 0 saturated carbocycles. The van der Waals surface area contributed by atoms with Gasteiger partial charge in [0.15, 0.2) is 0 Å². The fourth-order valence-corrected chi connectivity index (χ4v) is 8.94. The van der Waals surface area contributed by atoms with Crippen LogP contribution in [0.15, 0.2) is 93.8 Å². The quantitative estimate of drug-likeness (QED) is 0.0856. The summed E-state index contributed by atoms with van der Waals surface area (Å²) in [5, 5.41) is 2.77. The number of nitrogens with one attached hydrogen (secondary N) is 2. The number of hydrogen-bond donors (Lipinski definition) is 2. The molecule has 1 atom stereocenters. The average Bonchev–Trinajstić information content (AvgIpc) is 3.19. The lowest BCUT2D eigenvalue weighted by atomic mass is 10.0. The normalized spacial score (nSPS) is 14.2. The van der Waals surface area contributed by atoms with Crippen molar-refractivity contribution in [2.24, 2.45) is 10.9 Å². The Hall–Kier alpha value is -4.49. The molecule has 56 heavy (non-hydrogen) atoms. The molecule has 0 fully saturated rings. The standard InChI is InChI=1S/C43H58N4O7S2/c1-4-6-7-8-9-10-11-12-13-14-15-16-17-23-32-54-39-29-28-36(55(50,51)46-41(48)5-2)33-38(39)45-43(49)34(3)42-44-37-26-21-22-27-40(37)56(52,53)47(42)31-30-35-24-19-18-20-25-35/h18-22,24-31,33-34H,4-17,23,32H2,1-3H3,(H,45,49)(H,46,48)/b31-30+. The van der Waals surface area contributed by atoms with Crippen LogP contribution in [0.2, 0.25) is 0 Å². The van der Waals surface area contributed by atoms with E-state index in [1.807, 2.05) is 35.1 Å². The largest absolute Gasteiger partial charge is 0.491 e. The third kappa shape index (κ3) is 13.0. The van der Waals surface area contributed by atoms with Crippen molar-refractivity contribution in [3.8, 4) is 5.75 Å². The molecule has 3 aromatic rings. The van der Waals surface area contributed by atoms with Gasteiger partial charge in [-0.05, 0) is 55.3 Å². The lowest BCUT2D eigenvalue weighted by Gasteiger charge is -2.30. The molecule has 2 N–H and O–H groups in total. The van der Waals surface area contributed by atoms with Gasteiger partial charge in [-0.15, -0.1) is 0 Å². The van der Waals surface area contributed by atoms with Gasteiger partial charge in [0.25, 0.3) is 20.0 Å². The molecule has 304 valence electrons. The molecule has 11 nitrogen and oxygen atoms in total. The number of unbranched alkanes of at least 4 members (excludes halogenated alkanes) is 13. The summed E-state index contributed by atoms with van der Waals surface area (Å²) >= 11 is 0. The zero-order chi connectivity index (χ0) is 40.4. The minimum Gasteiger partial charge on any atom is -0.491 e. The maximum atomic E-state index is 14.0. The number of sulfonamides is 2. The first kappa shape index (κ1) is 44.2. The van der Waals surface area contributed by atoms with Crippen molar-refractivity contribution >= 4 is 55.1 Å². The number of fused-ring (bicyclic) bond motifs is 1. The van der Waals surface area contributed by atoms with E-state index < -0.39 is 37.8 Å². The van der Waals surface area contributed by atoms with E-state index in [2.05, 4.69) is 17.2 Å². The van der Waals surface area contributed by atoms with Crippen LogP contribution in [0.1, 0.15) is 123 Å². The summed E-state index contributed by atoms with van der Waals surface area (Å²) in [6.45, 7) is 5.65. The number of ether oxygens (including phenoxy) is 1.